The molecular weight excluding hydrogens is 263 g/mol. The van der Waals surface area contributed by atoms with Crippen LogP contribution in [0.1, 0.15) is 19.4 Å². The zero-order valence-corrected chi connectivity index (χ0v) is 11.3. The summed E-state index contributed by atoms with van der Waals surface area (Å²) in [6, 6.07) is 3.42. The maximum Gasteiger partial charge on any atom is 0.195 e. The maximum absolute atomic E-state index is 6.13. The van der Waals surface area contributed by atoms with Gasteiger partial charge in [-0.3, -0.25) is 0 Å². The molecule has 5 heteroatoms. The number of rotatable bonds is 3. The van der Waals surface area contributed by atoms with E-state index in [-0.39, 0.29) is 0 Å². The van der Waals surface area contributed by atoms with Gasteiger partial charge in [0.15, 0.2) is 5.79 Å². The topological polar surface area (TPSA) is 27.7 Å². The molecule has 0 bridgehead atoms. The van der Waals surface area contributed by atoms with Crippen LogP contribution in [0.15, 0.2) is 12.1 Å². The van der Waals surface area contributed by atoms with Crippen molar-refractivity contribution in [2.45, 2.75) is 19.6 Å². The van der Waals surface area contributed by atoms with Crippen LogP contribution in [0.3, 0.4) is 0 Å². The first-order valence-corrected chi connectivity index (χ1v) is 6.22. The average Bonchev–Trinajstić information content (AvgIpc) is 2.70. The van der Waals surface area contributed by atoms with Crippen LogP contribution >= 0.6 is 23.2 Å². The molecule has 17 heavy (non-hydrogen) atoms. The van der Waals surface area contributed by atoms with Gasteiger partial charge in [0, 0.05) is 5.02 Å². The third kappa shape index (κ3) is 2.52. The second kappa shape index (κ2) is 5.02. The molecule has 0 radical (unpaired) electrons. The normalized spacial score (nSPS) is 18.4. The van der Waals surface area contributed by atoms with Gasteiger partial charge in [0.25, 0.3) is 0 Å². The van der Waals surface area contributed by atoms with Crippen LogP contribution in [-0.2, 0) is 15.3 Å². The Morgan fingerprint density at radius 1 is 1.29 bits per heavy atom. The fourth-order valence-corrected chi connectivity index (χ4v) is 2.41. The van der Waals surface area contributed by atoms with Gasteiger partial charge >= 0.3 is 0 Å². The summed E-state index contributed by atoms with van der Waals surface area (Å²) in [4.78, 5) is 0. The molecule has 2 rings (SSSR count). The predicted octanol–water partition coefficient (Wildman–Crippen LogP) is 3.61. The van der Waals surface area contributed by atoms with Crippen LogP contribution in [0.5, 0.6) is 5.75 Å². The molecule has 94 valence electrons. The zero-order chi connectivity index (χ0) is 12.5. The van der Waals surface area contributed by atoms with Crippen molar-refractivity contribution in [1.82, 2.24) is 0 Å². The lowest BCUT2D eigenvalue weighted by molar-refractivity contribution is -0.150. The van der Waals surface area contributed by atoms with Crippen LogP contribution in [0, 0.1) is 0 Å². The molecule has 1 aliphatic rings. The molecule has 0 spiro atoms. The summed E-state index contributed by atoms with van der Waals surface area (Å²) in [6.07, 6.45) is 0. The Labute approximate surface area is 111 Å². The van der Waals surface area contributed by atoms with Crippen molar-refractivity contribution < 1.29 is 14.2 Å². The highest BCUT2D eigenvalue weighted by atomic mass is 35.5. The van der Waals surface area contributed by atoms with E-state index in [1.165, 1.54) is 0 Å². The largest absolute Gasteiger partial charge is 0.492 e. The van der Waals surface area contributed by atoms with Crippen LogP contribution in [0.4, 0.5) is 0 Å². The van der Waals surface area contributed by atoms with Crippen molar-refractivity contribution in [3.8, 4) is 5.75 Å². The average molecular weight is 277 g/mol. The molecule has 0 N–H and O–H groups in total. The van der Waals surface area contributed by atoms with E-state index in [0.29, 0.717) is 35.6 Å². The van der Waals surface area contributed by atoms with Gasteiger partial charge < -0.3 is 14.2 Å². The molecule has 1 aromatic carbocycles. The maximum atomic E-state index is 6.13. The smallest absolute Gasteiger partial charge is 0.195 e. The standard InChI is InChI=1S/C12H14Cl2O3/c1-3-15-11-9(6-8(13)7-10(11)14)12(2)16-4-5-17-12/h6-7H,3-5H2,1-2H3. The Hall–Kier alpha value is -0.480. The Morgan fingerprint density at radius 3 is 2.53 bits per heavy atom. The Morgan fingerprint density at radius 2 is 1.94 bits per heavy atom. The predicted molar refractivity (Wildman–Crippen MR) is 66.9 cm³/mol. The van der Waals surface area contributed by atoms with E-state index < -0.39 is 5.79 Å². The molecule has 1 saturated heterocycles. The van der Waals surface area contributed by atoms with E-state index in [9.17, 15) is 0 Å². The first-order chi connectivity index (χ1) is 8.07. The summed E-state index contributed by atoms with van der Waals surface area (Å²) in [5.74, 6) is -0.262. The van der Waals surface area contributed by atoms with Crippen molar-refractivity contribution in [2.24, 2.45) is 0 Å². The number of hydrogen-bond donors (Lipinski definition) is 0. The zero-order valence-electron chi connectivity index (χ0n) is 9.76. The monoisotopic (exact) mass is 276 g/mol. The number of halogens is 2. The molecule has 3 nitrogen and oxygen atoms in total. The van der Waals surface area contributed by atoms with Crippen molar-refractivity contribution >= 4 is 23.2 Å². The first kappa shape index (κ1) is 13.0. The van der Waals surface area contributed by atoms with Crippen LogP contribution in [-0.4, -0.2) is 19.8 Å². The highest BCUT2D eigenvalue weighted by Crippen LogP contribution is 2.42. The van der Waals surface area contributed by atoms with Crippen LogP contribution < -0.4 is 4.74 Å². The second-order valence-corrected chi connectivity index (χ2v) is 4.68. The van der Waals surface area contributed by atoms with Gasteiger partial charge in [0.1, 0.15) is 5.75 Å². The SMILES string of the molecule is CCOc1c(Cl)cc(Cl)cc1C1(C)OCCO1. The van der Waals surface area contributed by atoms with Crippen LogP contribution in [0.2, 0.25) is 10.0 Å². The lowest BCUT2D eigenvalue weighted by Crippen LogP contribution is -2.23. The van der Waals surface area contributed by atoms with Crippen molar-refractivity contribution in [3.63, 3.8) is 0 Å². The first-order valence-electron chi connectivity index (χ1n) is 5.47. The third-order valence-corrected chi connectivity index (χ3v) is 3.12. The summed E-state index contributed by atoms with van der Waals surface area (Å²) in [5.41, 5.74) is 0.731. The molecule has 0 unspecified atom stereocenters. The van der Waals surface area contributed by atoms with E-state index in [1.54, 1.807) is 12.1 Å². The Balaban J connectivity index is 2.50. The van der Waals surface area contributed by atoms with Crippen LogP contribution in [0.25, 0.3) is 0 Å². The summed E-state index contributed by atoms with van der Waals surface area (Å²) in [6.45, 7) is 5.35. The lowest BCUT2D eigenvalue weighted by Gasteiger charge is -2.26. The van der Waals surface area contributed by atoms with Crippen molar-refractivity contribution in [3.05, 3.63) is 27.7 Å². The molecular formula is C12H14Cl2O3. The van der Waals surface area contributed by atoms with Gasteiger partial charge in [-0.15, -0.1) is 0 Å². The minimum absolute atomic E-state index is 0.467. The minimum Gasteiger partial charge on any atom is -0.492 e. The lowest BCUT2D eigenvalue weighted by atomic mass is 10.1. The Bertz CT molecular complexity index is 414. The molecule has 1 aliphatic heterocycles. The van der Waals surface area contributed by atoms with Gasteiger partial charge in [0.2, 0.25) is 0 Å². The quantitative estimate of drug-likeness (QED) is 0.844. The highest BCUT2D eigenvalue weighted by molar-refractivity contribution is 6.35. The van der Waals surface area contributed by atoms with Gasteiger partial charge in [-0.1, -0.05) is 23.2 Å². The summed E-state index contributed by atoms with van der Waals surface area (Å²) in [7, 11) is 0. The Kier molecular flexibility index (Phi) is 3.83. The fourth-order valence-electron chi connectivity index (χ4n) is 1.86. The van der Waals surface area contributed by atoms with Crippen molar-refractivity contribution in [1.29, 1.82) is 0 Å². The number of benzene rings is 1. The van der Waals surface area contributed by atoms with Gasteiger partial charge in [-0.05, 0) is 26.0 Å². The summed E-state index contributed by atoms with van der Waals surface area (Å²) >= 11 is 12.1. The fraction of sp³-hybridized carbons (Fsp3) is 0.500. The van der Waals surface area contributed by atoms with E-state index in [0.717, 1.165) is 5.56 Å². The molecule has 0 atom stereocenters. The minimum atomic E-state index is -0.834. The van der Waals surface area contributed by atoms with E-state index in [1.807, 2.05) is 13.8 Å². The molecule has 0 amide bonds. The molecule has 1 heterocycles. The van der Waals surface area contributed by atoms with E-state index in [4.69, 9.17) is 37.4 Å². The molecule has 1 aromatic rings. The highest BCUT2D eigenvalue weighted by Gasteiger charge is 2.37. The molecule has 0 aliphatic carbocycles. The number of hydrogen-bond acceptors (Lipinski definition) is 3. The van der Waals surface area contributed by atoms with Gasteiger partial charge in [-0.2, -0.15) is 0 Å². The molecule has 0 saturated carbocycles. The van der Waals surface area contributed by atoms with Gasteiger partial charge in [-0.25, -0.2) is 0 Å². The second-order valence-electron chi connectivity index (χ2n) is 3.84. The van der Waals surface area contributed by atoms with E-state index >= 15 is 0 Å². The summed E-state index contributed by atoms with van der Waals surface area (Å²) in [5, 5.41) is 1.00. The number of ether oxygens (including phenoxy) is 3. The molecule has 0 aromatic heterocycles. The van der Waals surface area contributed by atoms with Gasteiger partial charge in [0.05, 0.1) is 30.4 Å². The molecule has 1 fully saturated rings. The summed E-state index contributed by atoms with van der Waals surface area (Å²) < 4.78 is 16.8. The third-order valence-electron chi connectivity index (χ3n) is 2.62. The van der Waals surface area contributed by atoms with Crippen molar-refractivity contribution in [2.75, 3.05) is 19.8 Å². The van der Waals surface area contributed by atoms with E-state index in [2.05, 4.69) is 0 Å².